The third kappa shape index (κ3) is 4.49. The molecule has 4 rings (SSSR count). The van der Waals surface area contributed by atoms with Crippen LogP contribution < -0.4 is 14.4 Å². The molecule has 1 saturated heterocycles. The largest absolute Gasteiger partial charge is 0.497 e. The zero-order valence-corrected chi connectivity index (χ0v) is 18.1. The van der Waals surface area contributed by atoms with Gasteiger partial charge in [0, 0.05) is 29.9 Å². The van der Waals surface area contributed by atoms with Gasteiger partial charge in [-0.3, -0.25) is 0 Å². The summed E-state index contributed by atoms with van der Waals surface area (Å²) in [5.74, 6) is 1.16. The molecule has 0 unspecified atom stereocenters. The molecule has 1 aliphatic rings. The molecule has 0 bridgehead atoms. The molecule has 5 heteroatoms. The number of aromatic nitrogens is 1. The molecule has 0 aliphatic carbocycles. The molecule has 0 amide bonds. The van der Waals surface area contributed by atoms with Crippen LogP contribution in [0.2, 0.25) is 0 Å². The second kappa shape index (κ2) is 9.53. The van der Waals surface area contributed by atoms with Crippen LogP contribution >= 0.6 is 0 Å². The SMILES string of the molecule is CCOc1nc(-c2ccc(OC)cc2)cc(-c2ccc(N3CCCCC3)cc2)c1C#N. The maximum absolute atomic E-state index is 9.88. The Bertz CT molecular complexity index is 1060. The second-order valence-electron chi connectivity index (χ2n) is 7.60. The van der Waals surface area contributed by atoms with E-state index in [1.54, 1.807) is 7.11 Å². The molecule has 0 atom stereocenters. The van der Waals surface area contributed by atoms with E-state index in [4.69, 9.17) is 9.47 Å². The number of nitrogens with zero attached hydrogens (tertiary/aromatic N) is 3. The molecule has 1 aromatic heterocycles. The minimum absolute atomic E-state index is 0.369. The van der Waals surface area contributed by atoms with Crippen LogP contribution in [0.25, 0.3) is 22.4 Å². The zero-order valence-electron chi connectivity index (χ0n) is 18.1. The van der Waals surface area contributed by atoms with Gasteiger partial charge in [0.2, 0.25) is 5.88 Å². The summed E-state index contributed by atoms with van der Waals surface area (Å²) in [6.45, 7) is 4.55. The van der Waals surface area contributed by atoms with Crippen molar-refractivity contribution in [1.29, 1.82) is 5.26 Å². The lowest BCUT2D eigenvalue weighted by molar-refractivity contribution is 0.326. The third-order valence-corrected chi connectivity index (χ3v) is 5.66. The summed E-state index contributed by atoms with van der Waals surface area (Å²) >= 11 is 0. The predicted octanol–water partition coefficient (Wildman–Crippen LogP) is 5.68. The Kier molecular flexibility index (Phi) is 6.37. The van der Waals surface area contributed by atoms with E-state index in [1.165, 1.54) is 24.9 Å². The van der Waals surface area contributed by atoms with Gasteiger partial charge in [0.05, 0.1) is 19.4 Å². The van der Waals surface area contributed by atoms with Gasteiger partial charge in [0.1, 0.15) is 17.4 Å². The highest BCUT2D eigenvalue weighted by atomic mass is 16.5. The Balaban J connectivity index is 1.76. The fraction of sp³-hybridized carbons (Fsp3) is 0.308. The summed E-state index contributed by atoms with van der Waals surface area (Å²) in [6, 6.07) is 20.5. The number of methoxy groups -OCH3 is 1. The molecular weight excluding hydrogens is 386 g/mol. The van der Waals surface area contributed by atoms with E-state index >= 15 is 0 Å². The van der Waals surface area contributed by atoms with Crippen molar-refractivity contribution in [1.82, 2.24) is 4.98 Å². The van der Waals surface area contributed by atoms with Crippen molar-refractivity contribution in [2.45, 2.75) is 26.2 Å². The van der Waals surface area contributed by atoms with Crippen molar-refractivity contribution in [3.8, 4) is 40.1 Å². The van der Waals surface area contributed by atoms with Crippen LogP contribution in [0.3, 0.4) is 0 Å². The fourth-order valence-corrected chi connectivity index (χ4v) is 4.01. The molecule has 0 saturated carbocycles. The number of piperidine rings is 1. The molecule has 2 heterocycles. The monoisotopic (exact) mass is 413 g/mol. The maximum atomic E-state index is 9.88. The molecule has 158 valence electrons. The van der Waals surface area contributed by atoms with Crippen molar-refractivity contribution < 1.29 is 9.47 Å². The van der Waals surface area contributed by atoms with Crippen LogP contribution in [0, 0.1) is 11.3 Å². The first kappa shape index (κ1) is 20.7. The lowest BCUT2D eigenvalue weighted by Crippen LogP contribution is -2.29. The average Bonchev–Trinajstić information content (AvgIpc) is 2.84. The topological polar surface area (TPSA) is 58.4 Å². The first-order chi connectivity index (χ1) is 15.2. The van der Waals surface area contributed by atoms with Gasteiger partial charge in [-0.25, -0.2) is 4.98 Å². The van der Waals surface area contributed by atoms with Crippen molar-refractivity contribution in [3.05, 3.63) is 60.2 Å². The van der Waals surface area contributed by atoms with Crippen LogP contribution in [0.1, 0.15) is 31.7 Å². The zero-order chi connectivity index (χ0) is 21.6. The predicted molar refractivity (Wildman–Crippen MR) is 124 cm³/mol. The Morgan fingerprint density at radius 2 is 1.65 bits per heavy atom. The lowest BCUT2D eigenvalue weighted by Gasteiger charge is -2.29. The number of nitriles is 1. The van der Waals surface area contributed by atoms with Gasteiger partial charge >= 0.3 is 0 Å². The summed E-state index contributed by atoms with van der Waals surface area (Å²) < 4.78 is 11.0. The van der Waals surface area contributed by atoms with E-state index in [0.29, 0.717) is 18.1 Å². The van der Waals surface area contributed by atoms with E-state index in [9.17, 15) is 5.26 Å². The van der Waals surface area contributed by atoms with E-state index in [-0.39, 0.29) is 0 Å². The maximum Gasteiger partial charge on any atom is 0.232 e. The van der Waals surface area contributed by atoms with E-state index in [1.807, 2.05) is 37.3 Å². The summed E-state index contributed by atoms with van der Waals surface area (Å²) in [4.78, 5) is 7.07. The number of anilines is 1. The molecule has 5 nitrogen and oxygen atoms in total. The number of rotatable bonds is 6. The molecule has 0 spiro atoms. The van der Waals surface area contributed by atoms with Crippen LogP contribution in [0.4, 0.5) is 5.69 Å². The normalized spacial score (nSPS) is 13.5. The average molecular weight is 414 g/mol. The summed E-state index contributed by atoms with van der Waals surface area (Å²) in [7, 11) is 1.65. The smallest absolute Gasteiger partial charge is 0.232 e. The highest BCUT2D eigenvalue weighted by Gasteiger charge is 2.17. The molecular formula is C26H27N3O2. The van der Waals surface area contributed by atoms with Crippen LogP contribution in [-0.2, 0) is 0 Å². The first-order valence-electron chi connectivity index (χ1n) is 10.8. The Morgan fingerprint density at radius 3 is 2.26 bits per heavy atom. The number of ether oxygens (including phenoxy) is 2. The Hall–Kier alpha value is -3.52. The first-order valence-corrected chi connectivity index (χ1v) is 10.8. The van der Waals surface area contributed by atoms with Gasteiger partial charge in [-0.05, 0) is 74.2 Å². The standard InChI is InChI=1S/C26H27N3O2/c1-3-31-26-24(18-27)23(17-25(28-26)20-9-13-22(30-2)14-10-20)19-7-11-21(12-8-19)29-15-5-4-6-16-29/h7-14,17H,3-6,15-16H2,1-2H3. The van der Waals surface area contributed by atoms with E-state index in [0.717, 1.165) is 41.2 Å². The van der Waals surface area contributed by atoms with Crippen LogP contribution in [0.5, 0.6) is 11.6 Å². The van der Waals surface area contributed by atoms with Crippen molar-refractivity contribution >= 4 is 5.69 Å². The number of pyridine rings is 1. The fourth-order valence-electron chi connectivity index (χ4n) is 4.01. The summed E-state index contributed by atoms with van der Waals surface area (Å²) in [6.07, 6.45) is 3.80. The lowest BCUT2D eigenvalue weighted by atomic mass is 9.98. The van der Waals surface area contributed by atoms with Crippen LogP contribution in [0.15, 0.2) is 54.6 Å². The summed E-state index contributed by atoms with van der Waals surface area (Å²) in [5.41, 5.74) is 5.21. The van der Waals surface area contributed by atoms with Crippen molar-refractivity contribution in [2.75, 3.05) is 31.7 Å². The molecule has 31 heavy (non-hydrogen) atoms. The van der Waals surface area contributed by atoms with Gasteiger partial charge in [0.25, 0.3) is 0 Å². The van der Waals surface area contributed by atoms with Gasteiger partial charge in [-0.15, -0.1) is 0 Å². The minimum Gasteiger partial charge on any atom is -0.497 e. The van der Waals surface area contributed by atoms with E-state index in [2.05, 4.69) is 40.2 Å². The number of benzene rings is 2. The molecule has 0 N–H and O–H groups in total. The Labute approximate surface area is 183 Å². The van der Waals surface area contributed by atoms with Crippen LogP contribution in [-0.4, -0.2) is 31.8 Å². The van der Waals surface area contributed by atoms with E-state index < -0.39 is 0 Å². The second-order valence-corrected chi connectivity index (χ2v) is 7.60. The molecule has 2 aromatic carbocycles. The van der Waals surface area contributed by atoms with Gasteiger partial charge in [-0.1, -0.05) is 12.1 Å². The quantitative estimate of drug-likeness (QED) is 0.520. The van der Waals surface area contributed by atoms with Crippen molar-refractivity contribution in [3.63, 3.8) is 0 Å². The molecule has 1 aliphatic heterocycles. The highest BCUT2D eigenvalue weighted by Crippen LogP contribution is 2.35. The molecule has 1 fully saturated rings. The van der Waals surface area contributed by atoms with Gasteiger partial charge in [-0.2, -0.15) is 5.26 Å². The van der Waals surface area contributed by atoms with Gasteiger partial charge < -0.3 is 14.4 Å². The summed E-state index contributed by atoms with van der Waals surface area (Å²) in [5, 5.41) is 9.88. The van der Waals surface area contributed by atoms with Gasteiger partial charge in [0.15, 0.2) is 0 Å². The third-order valence-electron chi connectivity index (χ3n) is 5.66. The number of hydrogen-bond donors (Lipinski definition) is 0. The highest BCUT2D eigenvalue weighted by molar-refractivity contribution is 5.78. The molecule has 0 radical (unpaired) electrons. The van der Waals surface area contributed by atoms with Crippen molar-refractivity contribution in [2.24, 2.45) is 0 Å². The Morgan fingerprint density at radius 1 is 0.968 bits per heavy atom. The number of hydrogen-bond acceptors (Lipinski definition) is 5. The minimum atomic E-state index is 0.369. The molecule has 3 aromatic rings.